The second-order valence-corrected chi connectivity index (χ2v) is 6.85. The van der Waals surface area contributed by atoms with Crippen LogP contribution in [0.2, 0.25) is 0 Å². The van der Waals surface area contributed by atoms with Gasteiger partial charge in [-0.1, -0.05) is 6.58 Å². The number of carbonyl (C=O) groups is 4. The van der Waals surface area contributed by atoms with Gasteiger partial charge in [-0.2, -0.15) is 0 Å². The van der Waals surface area contributed by atoms with Crippen molar-refractivity contribution in [3.05, 3.63) is 12.2 Å². The summed E-state index contributed by atoms with van der Waals surface area (Å²) < 4.78 is 21.1. The first kappa shape index (κ1) is 18.4. The fourth-order valence-electron chi connectivity index (χ4n) is 3.63. The molecule has 0 spiro atoms. The Morgan fingerprint density at radius 2 is 1.96 bits per heavy atom. The third-order valence-corrected chi connectivity index (χ3v) is 4.87. The zero-order chi connectivity index (χ0) is 19.2. The third kappa shape index (κ3) is 3.07. The van der Waals surface area contributed by atoms with Crippen molar-refractivity contribution in [3.8, 4) is 0 Å². The van der Waals surface area contributed by atoms with Gasteiger partial charge in [-0.25, -0.2) is 4.79 Å². The van der Waals surface area contributed by atoms with Gasteiger partial charge in [-0.15, -0.1) is 0 Å². The second-order valence-electron chi connectivity index (χ2n) is 6.85. The fourth-order valence-corrected chi connectivity index (χ4v) is 3.63. The molecule has 3 rings (SSSR count). The molecular formula is C17H20O9. The highest BCUT2D eigenvalue weighted by Gasteiger charge is 2.71. The molecule has 3 aliphatic rings. The summed E-state index contributed by atoms with van der Waals surface area (Å²) in [4.78, 5) is 46.8. The summed E-state index contributed by atoms with van der Waals surface area (Å²) in [5.41, 5.74) is 0.260. The lowest BCUT2D eigenvalue weighted by Crippen LogP contribution is -2.47. The highest BCUT2D eigenvalue weighted by atomic mass is 16.7. The molecule has 3 aliphatic heterocycles. The highest BCUT2D eigenvalue weighted by molar-refractivity contribution is 5.87. The zero-order valence-electron chi connectivity index (χ0n) is 14.4. The molecule has 1 N–H and O–H groups in total. The SMILES string of the molecule is C=C(C)C(=O)OC(C)CCC(=O)OC1C2OC(=O)C3C2OC1C3C(=O)O. The maximum absolute atomic E-state index is 12.1. The Bertz CT molecular complexity index is 669. The third-order valence-electron chi connectivity index (χ3n) is 4.87. The van der Waals surface area contributed by atoms with Crippen LogP contribution in [0.15, 0.2) is 12.2 Å². The number of carbonyl (C=O) groups excluding carboxylic acids is 3. The molecule has 7 unspecified atom stereocenters. The van der Waals surface area contributed by atoms with E-state index in [0.717, 1.165) is 0 Å². The van der Waals surface area contributed by atoms with Crippen molar-refractivity contribution >= 4 is 23.9 Å². The maximum atomic E-state index is 12.1. The molecule has 3 heterocycles. The minimum atomic E-state index is -1.18. The summed E-state index contributed by atoms with van der Waals surface area (Å²) in [5.74, 6) is -4.89. The topological polar surface area (TPSA) is 125 Å². The number of esters is 3. The fraction of sp³-hybridized carbons (Fsp3) is 0.647. The van der Waals surface area contributed by atoms with Crippen LogP contribution in [0, 0.1) is 11.8 Å². The largest absolute Gasteiger partial charge is 0.481 e. The van der Waals surface area contributed by atoms with E-state index in [9.17, 15) is 24.3 Å². The van der Waals surface area contributed by atoms with E-state index in [1.807, 2.05) is 0 Å². The lowest BCUT2D eigenvalue weighted by molar-refractivity contribution is -0.163. The Kier molecular flexibility index (Phi) is 4.74. The molecule has 0 aliphatic carbocycles. The standard InChI is InChI=1S/C17H20O9/c1-6(2)16(21)23-7(3)4-5-8(18)24-13-11-9(15(19)20)10-12(25-11)14(13)26-17(10)22/h7,9-14H,1,4-5H2,2-3H3,(H,19,20). The van der Waals surface area contributed by atoms with Gasteiger partial charge in [0.25, 0.3) is 0 Å². The van der Waals surface area contributed by atoms with E-state index in [1.165, 1.54) is 6.92 Å². The lowest BCUT2D eigenvalue weighted by Gasteiger charge is -2.26. The number of hydrogen-bond donors (Lipinski definition) is 1. The molecule has 3 fully saturated rings. The normalized spacial score (nSPS) is 34.9. The first-order valence-corrected chi connectivity index (χ1v) is 8.35. The van der Waals surface area contributed by atoms with Crippen LogP contribution in [0.25, 0.3) is 0 Å². The van der Waals surface area contributed by atoms with Crippen LogP contribution in [-0.4, -0.2) is 59.5 Å². The van der Waals surface area contributed by atoms with Gasteiger partial charge < -0.3 is 24.1 Å². The molecular weight excluding hydrogens is 348 g/mol. The van der Waals surface area contributed by atoms with E-state index in [0.29, 0.717) is 0 Å². The van der Waals surface area contributed by atoms with Gasteiger partial charge in [0.15, 0.2) is 12.2 Å². The average molecular weight is 368 g/mol. The Hall–Kier alpha value is -2.42. The van der Waals surface area contributed by atoms with Crippen LogP contribution in [-0.2, 0) is 38.1 Å². The van der Waals surface area contributed by atoms with Crippen LogP contribution in [0.3, 0.4) is 0 Å². The molecule has 0 aromatic carbocycles. The molecule has 7 atom stereocenters. The zero-order valence-corrected chi connectivity index (χ0v) is 14.4. The predicted molar refractivity (Wildman–Crippen MR) is 82.6 cm³/mol. The maximum Gasteiger partial charge on any atom is 0.333 e. The van der Waals surface area contributed by atoms with Crippen molar-refractivity contribution in [2.75, 3.05) is 0 Å². The Morgan fingerprint density at radius 3 is 2.58 bits per heavy atom. The summed E-state index contributed by atoms with van der Waals surface area (Å²) in [7, 11) is 0. The molecule has 0 aromatic rings. The molecule has 9 nitrogen and oxygen atoms in total. The van der Waals surface area contributed by atoms with Crippen LogP contribution < -0.4 is 0 Å². The Balaban J connectivity index is 1.55. The smallest absolute Gasteiger partial charge is 0.333 e. The molecule has 0 aromatic heterocycles. The van der Waals surface area contributed by atoms with Gasteiger partial charge in [-0.05, 0) is 20.3 Å². The van der Waals surface area contributed by atoms with Crippen LogP contribution >= 0.6 is 0 Å². The second kappa shape index (κ2) is 6.71. The van der Waals surface area contributed by atoms with E-state index < -0.39 is 66.2 Å². The van der Waals surface area contributed by atoms with Gasteiger partial charge in [-0.3, -0.25) is 14.4 Å². The van der Waals surface area contributed by atoms with Gasteiger partial charge >= 0.3 is 23.9 Å². The van der Waals surface area contributed by atoms with E-state index >= 15 is 0 Å². The van der Waals surface area contributed by atoms with Crippen molar-refractivity contribution in [1.29, 1.82) is 0 Å². The van der Waals surface area contributed by atoms with E-state index in [2.05, 4.69) is 6.58 Å². The van der Waals surface area contributed by atoms with Crippen LogP contribution in [0.4, 0.5) is 0 Å². The van der Waals surface area contributed by atoms with Gasteiger partial charge in [0.05, 0.1) is 6.10 Å². The molecule has 26 heavy (non-hydrogen) atoms. The van der Waals surface area contributed by atoms with Crippen molar-refractivity contribution in [2.24, 2.45) is 11.8 Å². The lowest BCUT2D eigenvalue weighted by atomic mass is 9.78. The summed E-state index contributed by atoms with van der Waals surface area (Å²) >= 11 is 0. The minimum absolute atomic E-state index is 0.0413. The summed E-state index contributed by atoms with van der Waals surface area (Å²) in [6, 6.07) is 0. The first-order valence-electron chi connectivity index (χ1n) is 8.35. The number of aliphatic carboxylic acids is 1. The summed E-state index contributed by atoms with van der Waals surface area (Å²) in [5, 5.41) is 9.35. The van der Waals surface area contributed by atoms with Crippen LogP contribution in [0.1, 0.15) is 26.7 Å². The molecule has 9 heteroatoms. The monoisotopic (exact) mass is 368 g/mol. The van der Waals surface area contributed by atoms with Gasteiger partial charge in [0.1, 0.15) is 24.0 Å². The predicted octanol–water partition coefficient (Wildman–Crippen LogP) is 0.210. The molecule has 3 saturated heterocycles. The Labute approximate surface area is 149 Å². The number of carboxylic acids is 1. The summed E-state index contributed by atoms with van der Waals surface area (Å²) in [6.45, 7) is 6.63. The molecule has 142 valence electrons. The van der Waals surface area contributed by atoms with Crippen LogP contribution in [0.5, 0.6) is 0 Å². The molecule has 0 amide bonds. The number of rotatable bonds is 7. The first-order chi connectivity index (χ1) is 12.2. The number of hydrogen-bond acceptors (Lipinski definition) is 8. The molecule has 2 bridgehead atoms. The van der Waals surface area contributed by atoms with Crippen molar-refractivity contribution < 1.29 is 43.2 Å². The molecule has 0 saturated carbocycles. The highest BCUT2D eigenvalue weighted by Crippen LogP contribution is 2.51. The quantitative estimate of drug-likeness (QED) is 0.381. The van der Waals surface area contributed by atoms with Crippen molar-refractivity contribution in [1.82, 2.24) is 0 Å². The average Bonchev–Trinajstić information content (AvgIpc) is 3.16. The Morgan fingerprint density at radius 1 is 1.27 bits per heavy atom. The van der Waals surface area contributed by atoms with Gasteiger partial charge in [0.2, 0.25) is 0 Å². The number of fused-ring (bicyclic) bond motifs is 1. The van der Waals surface area contributed by atoms with E-state index in [1.54, 1.807) is 6.92 Å². The van der Waals surface area contributed by atoms with Gasteiger partial charge in [0, 0.05) is 12.0 Å². The van der Waals surface area contributed by atoms with E-state index in [4.69, 9.17) is 18.9 Å². The van der Waals surface area contributed by atoms with E-state index in [-0.39, 0.29) is 18.4 Å². The summed E-state index contributed by atoms with van der Waals surface area (Å²) in [6.07, 6.45) is -3.62. The number of carboxylic acid groups (broad SMARTS) is 1. The van der Waals surface area contributed by atoms with Crippen molar-refractivity contribution in [2.45, 2.75) is 57.2 Å². The minimum Gasteiger partial charge on any atom is -0.481 e. The van der Waals surface area contributed by atoms with Crippen molar-refractivity contribution in [3.63, 3.8) is 0 Å². The number of ether oxygens (including phenoxy) is 4. The molecule has 0 radical (unpaired) electrons.